The molecule has 1 aliphatic heterocycles. The Morgan fingerprint density at radius 1 is 1.04 bits per heavy atom. The number of hydrogen-bond acceptors (Lipinski definition) is 3. The number of hydrogen-bond donors (Lipinski definition) is 1. The lowest BCUT2D eigenvalue weighted by atomic mass is 9.49. The Labute approximate surface area is 167 Å². The Balaban J connectivity index is 1.37. The van der Waals surface area contributed by atoms with E-state index in [0.717, 1.165) is 59.8 Å². The molecule has 0 spiro atoms. The fourth-order valence-electron chi connectivity index (χ4n) is 6.64. The zero-order chi connectivity index (χ0) is 18.9. The molecule has 2 heterocycles. The number of anilines is 1. The van der Waals surface area contributed by atoms with E-state index in [-0.39, 0.29) is 11.3 Å². The SMILES string of the molecule is O=C(Nc1c2c(nn1-c1ccccc1)C[S@@](=O)C2)C12CC3CC(CC(C3)C1)C2. The van der Waals surface area contributed by atoms with E-state index in [0.29, 0.717) is 11.5 Å². The topological polar surface area (TPSA) is 64.0 Å². The van der Waals surface area contributed by atoms with Crippen molar-refractivity contribution in [3.05, 3.63) is 41.6 Å². The van der Waals surface area contributed by atoms with Crippen molar-refractivity contribution in [3.8, 4) is 5.69 Å². The first kappa shape index (κ1) is 17.0. The van der Waals surface area contributed by atoms with Gasteiger partial charge in [0.15, 0.2) is 0 Å². The molecule has 1 atom stereocenters. The summed E-state index contributed by atoms with van der Waals surface area (Å²) in [5, 5.41) is 8.01. The van der Waals surface area contributed by atoms with Gasteiger partial charge in [-0.05, 0) is 68.4 Å². The van der Waals surface area contributed by atoms with Gasteiger partial charge >= 0.3 is 0 Å². The molecule has 4 fully saturated rings. The minimum Gasteiger partial charge on any atom is -0.310 e. The van der Waals surface area contributed by atoms with Gasteiger partial charge in [0.05, 0.1) is 28.3 Å². The van der Waals surface area contributed by atoms with Crippen LogP contribution in [0, 0.1) is 23.2 Å². The second-order valence-corrected chi connectivity index (χ2v) is 10.9. The van der Waals surface area contributed by atoms with Crippen molar-refractivity contribution in [2.75, 3.05) is 5.32 Å². The lowest BCUT2D eigenvalue weighted by Crippen LogP contribution is -2.52. The largest absolute Gasteiger partial charge is 0.310 e. The highest BCUT2D eigenvalue weighted by Crippen LogP contribution is 2.60. The normalized spacial score (nSPS) is 35.1. The molecule has 4 aliphatic carbocycles. The number of aromatic nitrogens is 2. The molecular formula is C22H25N3O2S. The summed E-state index contributed by atoms with van der Waals surface area (Å²) >= 11 is 0. The summed E-state index contributed by atoms with van der Waals surface area (Å²) in [5.74, 6) is 4.07. The third-order valence-corrected chi connectivity index (χ3v) is 8.63. The van der Waals surface area contributed by atoms with Crippen molar-refractivity contribution >= 4 is 22.5 Å². The van der Waals surface area contributed by atoms with Crippen LogP contribution in [-0.2, 0) is 27.1 Å². The Hall–Kier alpha value is -1.95. The van der Waals surface area contributed by atoms with Gasteiger partial charge in [0.25, 0.3) is 0 Å². The molecule has 6 heteroatoms. The second kappa shape index (κ2) is 6.02. The van der Waals surface area contributed by atoms with Gasteiger partial charge in [0.1, 0.15) is 5.82 Å². The van der Waals surface area contributed by atoms with Crippen molar-refractivity contribution in [2.45, 2.75) is 50.0 Å². The number of carbonyl (C=O) groups excluding carboxylic acids is 1. The molecule has 1 aromatic heterocycles. The number of nitrogens with one attached hydrogen (secondary N) is 1. The van der Waals surface area contributed by atoms with Crippen LogP contribution < -0.4 is 5.32 Å². The van der Waals surface area contributed by atoms with Crippen LogP contribution in [0.1, 0.15) is 49.8 Å². The summed E-state index contributed by atoms with van der Waals surface area (Å²) in [7, 11) is -0.915. The predicted molar refractivity (Wildman–Crippen MR) is 108 cm³/mol. The molecule has 4 bridgehead atoms. The summed E-state index contributed by atoms with van der Waals surface area (Å²) in [6.07, 6.45) is 7.09. The van der Waals surface area contributed by atoms with Crippen LogP contribution >= 0.6 is 0 Å². The number of amides is 1. The molecule has 1 N–H and O–H groups in total. The third-order valence-electron chi connectivity index (χ3n) is 7.42. The minimum atomic E-state index is -0.915. The molecule has 1 amide bonds. The second-order valence-electron chi connectivity index (χ2n) is 9.40. The van der Waals surface area contributed by atoms with Crippen LogP contribution in [0.5, 0.6) is 0 Å². The molecule has 0 radical (unpaired) electrons. The van der Waals surface area contributed by atoms with Crippen LogP contribution in [0.2, 0.25) is 0 Å². The molecule has 28 heavy (non-hydrogen) atoms. The smallest absolute Gasteiger partial charge is 0.231 e. The third kappa shape index (κ3) is 2.53. The maximum Gasteiger partial charge on any atom is 0.231 e. The van der Waals surface area contributed by atoms with Gasteiger partial charge in [-0.1, -0.05) is 18.2 Å². The van der Waals surface area contributed by atoms with E-state index in [1.807, 2.05) is 35.0 Å². The van der Waals surface area contributed by atoms with Gasteiger partial charge in [0.2, 0.25) is 5.91 Å². The first-order valence-corrected chi connectivity index (χ1v) is 11.9. The van der Waals surface area contributed by atoms with Crippen LogP contribution in [0.3, 0.4) is 0 Å². The van der Waals surface area contributed by atoms with Crippen LogP contribution in [0.15, 0.2) is 30.3 Å². The number of fused-ring (bicyclic) bond motifs is 1. The van der Waals surface area contributed by atoms with Crippen molar-refractivity contribution in [2.24, 2.45) is 23.2 Å². The minimum absolute atomic E-state index is 0.171. The highest BCUT2D eigenvalue weighted by Gasteiger charge is 2.54. The molecule has 5 aliphatic rings. The molecule has 1 aromatic carbocycles. The monoisotopic (exact) mass is 395 g/mol. The highest BCUT2D eigenvalue weighted by atomic mass is 32.2. The maximum absolute atomic E-state index is 13.6. The van der Waals surface area contributed by atoms with Crippen LogP contribution in [0.4, 0.5) is 5.82 Å². The molecule has 7 rings (SSSR count). The van der Waals surface area contributed by atoms with Gasteiger partial charge < -0.3 is 5.32 Å². The zero-order valence-electron chi connectivity index (χ0n) is 15.9. The van der Waals surface area contributed by atoms with E-state index in [1.165, 1.54) is 19.3 Å². The van der Waals surface area contributed by atoms with Crippen molar-refractivity contribution in [3.63, 3.8) is 0 Å². The summed E-state index contributed by atoms with van der Waals surface area (Å²) in [6.45, 7) is 0. The lowest BCUT2D eigenvalue weighted by molar-refractivity contribution is -0.140. The molecular weight excluding hydrogens is 370 g/mol. The van der Waals surface area contributed by atoms with E-state index in [9.17, 15) is 9.00 Å². The standard InChI is InChI=1S/C22H25N3O2S/c26-21(22-9-14-6-15(10-22)8-16(7-14)11-22)23-20-18-12-28(27)13-19(18)24-25(20)17-4-2-1-3-5-17/h1-5,14-16H,6-13H2,(H,23,26)/t14?,15?,16?,22?,28-/m0/s1. The summed E-state index contributed by atoms with van der Waals surface area (Å²) in [4.78, 5) is 13.6. The summed E-state index contributed by atoms with van der Waals surface area (Å²) < 4.78 is 14.0. The Morgan fingerprint density at radius 3 is 2.32 bits per heavy atom. The van der Waals surface area contributed by atoms with Gasteiger partial charge in [-0.25, -0.2) is 4.68 Å². The molecule has 146 valence electrons. The van der Waals surface area contributed by atoms with E-state index < -0.39 is 10.8 Å². The van der Waals surface area contributed by atoms with Crippen molar-refractivity contribution in [1.82, 2.24) is 9.78 Å². The fourth-order valence-corrected chi connectivity index (χ4v) is 7.91. The average Bonchev–Trinajstić information content (AvgIpc) is 3.18. The highest BCUT2D eigenvalue weighted by molar-refractivity contribution is 7.83. The maximum atomic E-state index is 13.6. The number of benzene rings is 1. The molecule has 0 saturated heterocycles. The van der Waals surface area contributed by atoms with Crippen molar-refractivity contribution in [1.29, 1.82) is 0 Å². The summed E-state index contributed by atoms with van der Waals surface area (Å²) in [5.41, 5.74) is 2.55. The zero-order valence-corrected chi connectivity index (χ0v) is 16.7. The van der Waals surface area contributed by atoms with E-state index in [4.69, 9.17) is 5.10 Å². The first-order chi connectivity index (χ1) is 13.6. The van der Waals surface area contributed by atoms with Gasteiger partial charge in [-0.3, -0.25) is 9.00 Å². The fraction of sp³-hybridized carbons (Fsp3) is 0.545. The average molecular weight is 396 g/mol. The molecule has 0 unspecified atom stereocenters. The van der Waals surface area contributed by atoms with E-state index in [1.54, 1.807) is 0 Å². The van der Waals surface area contributed by atoms with Crippen LogP contribution in [-0.4, -0.2) is 19.9 Å². The number of rotatable bonds is 3. The van der Waals surface area contributed by atoms with Gasteiger partial charge in [0, 0.05) is 16.4 Å². The number of para-hydroxylation sites is 1. The Bertz CT molecular complexity index is 946. The number of nitrogens with zero attached hydrogens (tertiary/aromatic N) is 2. The Morgan fingerprint density at radius 2 is 1.68 bits per heavy atom. The first-order valence-electron chi connectivity index (χ1n) is 10.4. The quantitative estimate of drug-likeness (QED) is 0.860. The summed E-state index contributed by atoms with van der Waals surface area (Å²) in [6, 6.07) is 9.93. The predicted octanol–water partition coefficient (Wildman–Crippen LogP) is 3.79. The Kier molecular flexibility index (Phi) is 3.65. The molecule has 4 saturated carbocycles. The number of carbonyl (C=O) groups is 1. The van der Waals surface area contributed by atoms with Gasteiger partial charge in [-0.2, -0.15) is 5.10 Å². The van der Waals surface area contributed by atoms with E-state index in [2.05, 4.69) is 5.32 Å². The molecule has 2 aromatic rings. The van der Waals surface area contributed by atoms with Crippen molar-refractivity contribution < 1.29 is 9.00 Å². The van der Waals surface area contributed by atoms with Gasteiger partial charge in [-0.15, -0.1) is 0 Å². The molecule has 5 nitrogen and oxygen atoms in total. The van der Waals surface area contributed by atoms with E-state index >= 15 is 0 Å². The van der Waals surface area contributed by atoms with Crippen LogP contribution in [0.25, 0.3) is 5.69 Å². The lowest BCUT2D eigenvalue weighted by Gasteiger charge is -2.55.